The third-order valence-electron chi connectivity index (χ3n) is 3.10. The molecule has 20 heavy (non-hydrogen) atoms. The van der Waals surface area contributed by atoms with Crippen molar-refractivity contribution in [3.63, 3.8) is 0 Å². The lowest BCUT2D eigenvalue weighted by molar-refractivity contribution is -0.389. The minimum atomic E-state index is -0.375. The molecule has 0 saturated carbocycles. The van der Waals surface area contributed by atoms with E-state index in [2.05, 4.69) is 4.98 Å². The van der Waals surface area contributed by atoms with Crippen LogP contribution in [0.2, 0.25) is 0 Å². The van der Waals surface area contributed by atoms with E-state index in [-0.39, 0.29) is 10.7 Å². The number of aryl methyl sites for hydroxylation is 1. The van der Waals surface area contributed by atoms with Gasteiger partial charge in [0.05, 0.1) is 6.54 Å². The van der Waals surface area contributed by atoms with E-state index >= 15 is 0 Å². The highest BCUT2D eigenvalue weighted by atomic mass is 32.1. The highest BCUT2D eigenvalue weighted by molar-refractivity contribution is 7.15. The summed E-state index contributed by atoms with van der Waals surface area (Å²) >= 11 is 3.04. The zero-order chi connectivity index (χ0) is 14.3. The number of hydrogen-bond donors (Lipinski definition) is 0. The van der Waals surface area contributed by atoms with Crippen molar-refractivity contribution in [3.05, 3.63) is 43.6 Å². The number of imidazole rings is 1. The van der Waals surface area contributed by atoms with Crippen LogP contribution in [0.3, 0.4) is 0 Å². The SMILES string of the molecule is Cc1ccsc1CN(C)c1nc2sccn2c1[N+](=O)[O-]. The number of hydrogen-bond acceptors (Lipinski definition) is 6. The molecule has 6 nitrogen and oxygen atoms in total. The molecule has 3 aromatic rings. The van der Waals surface area contributed by atoms with E-state index < -0.39 is 0 Å². The quantitative estimate of drug-likeness (QED) is 0.548. The zero-order valence-electron chi connectivity index (χ0n) is 10.9. The fourth-order valence-corrected chi connectivity index (χ4v) is 3.71. The first kappa shape index (κ1) is 13.1. The van der Waals surface area contributed by atoms with Gasteiger partial charge in [-0.3, -0.25) is 0 Å². The van der Waals surface area contributed by atoms with Crippen LogP contribution in [-0.4, -0.2) is 21.4 Å². The van der Waals surface area contributed by atoms with Gasteiger partial charge < -0.3 is 15.0 Å². The Kier molecular flexibility index (Phi) is 3.19. The predicted molar refractivity (Wildman–Crippen MR) is 80.9 cm³/mol. The molecule has 3 heterocycles. The summed E-state index contributed by atoms with van der Waals surface area (Å²) in [4.78, 5) is 19.0. The summed E-state index contributed by atoms with van der Waals surface area (Å²) in [6.45, 7) is 2.66. The summed E-state index contributed by atoms with van der Waals surface area (Å²) in [7, 11) is 1.83. The van der Waals surface area contributed by atoms with Crippen molar-refractivity contribution in [3.8, 4) is 0 Å². The Labute approximate surface area is 123 Å². The fourth-order valence-electron chi connectivity index (χ4n) is 2.04. The van der Waals surface area contributed by atoms with Crippen LogP contribution >= 0.6 is 22.7 Å². The minimum Gasteiger partial charge on any atom is -0.358 e. The van der Waals surface area contributed by atoms with Crippen LogP contribution in [0.4, 0.5) is 11.6 Å². The van der Waals surface area contributed by atoms with E-state index in [0.29, 0.717) is 17.3 Å². The molecule has 0 aliphatic carbocycles. The van der Waals surface area contributed by atoms with Crippen LogP contribution in [0.1, 0.15) is 10.4 Å². The number of nitrogens with zero attached hydrogens (tertiary/aromatic N) is 4. The van der Waals surface area contributed by atoms with Crippen LogP contribution < -0.4 is 4.90 Å². The monoisotopic (exact) mass is 308 g/mol. The van der Waals surface area contributed by atoms with Gasteiger partial charge in [0.1, 0.15) is 6.20 Å². The fraction of sp³-hybridized carbons (Fsp3) is 0.250. The van der Waals surface area contributed by atoms with Gasteiger partial charge in [-0.15, -0.1) is 11.3 Å². The largest absolute Gasteiger partial charge is 0.373 e. The van der Waals surface area contributed by atoms with Gasteiger partial charge in [-0.2, -0.15) is 9.38 Å². The average Bonchev–Trinajstić information content (AvgIpc) is 3.04. The molecule has 0 amide bonds. The Morgan fingerprint density at radius 3 is 2.90 bits per heavy atom. The second-order valence-electron chi connectivity index (χ2n) is 4.45. The lowest BCUT2D eigenvalue weighted by atomic mass is 10.3. The van der Waals surface area contributed by atoms with E-state index in [1.807, 2.05) is 30.3 Å². The van der Waals surface area contributed by atoms with E-state index in [1.54, 1.807) is 22.9 Å². The van der Waals surface area contributed by atoms with Crippen molar-refractivity contribution >= 4 is 39.3 Å². The lowest BCUT2D eigenvalue weighted by Gasteiger charge is -2.15. The first-order valence-electron chi connectivity index (χ1n) is 5.92. The van der Waals surface area contributed by atoms with E-state index in [4.69, 9.17) is 0 Å². The summed E-state index contributed by atoms with van der Waals surface area (Å²) < 4.78 is 1.53. The first-order chi connectivity index (χ1) is 9.58. The molecule has 0 fully saturated rings. The van der Waals surface area contributed by atoms with Gasteiger partial charge in [0.15, 0.2) is 0 Å². The van der Waals surface area contributed by atoms with Crippen LogP contribution in [0, 0.1) is 17.0 Å². The Morgan fingerprint density at radius 1 is 1.45 bits per heavy atom. The Hall–Kier alpha value is -1.93. The summed E-state index contributed by atoms with van der Waals surface area (Å²) in [5.41, 5.74) is 1.20. The van der Waals surface area contributed by atoms with Gasteiger partial charge in [-0.25, -0.2) is 0 Å². The molecule has 0 radical (unpaired) electrons. The van der Waals surface area contributed by atoms with Gasteiger partial charge >= 0.3 is 5.82 Å². The zero-order valence-corrected chi connectivity index (χ0v) is 12.6. The highest BCUT2D eigenvalue weighted by Crippen LogP contribution is 2.31. The van der Waals surface area contributed by atoms with Gasteiger partial charge in [-0.05, 0) is 28.9 Å². The maximum Gasteiger partial charge on any atom is 0.373 e. The molecule has 0 aliphatic heterocycles. The molecule has 104 valence electrons. The summed E-state index contributed by atoms with van der Waals surface area (Å²) in [5, 5.41) is 15.1. The molecule has 0 bridgehead atoms. The van der Waals surface area contributed by atoms with Crippen molar-refractivity contribution < 1.29 is 4.92 Å². The number of fused-ring (bicyclic) bond motifs is 1. The highest BCUT2D eigenvalue weighted by Gasteiger charge is 2.26. The summed E-state index contributed by atoms with van der Waals surface area (Å²) in [6.07, 6.45) is 1.68. The molecule has 0 spiro atoms. The van der Waals surface area contributed by atoms with Crippen molar-refractivity contribution in [2.45, 2.75) is 13.5 Å². The van der Waals surface area contributed by atoms with Crippen LogP contribution in [0.5, 0.6) is 0 Å². The molecule has 0 atom stereocenters. The Bertz CT molecular complexity index is 773. The van der Waals surface area contributed by atoms with E-state index in [9.17, 15) is 10.1 Å². The number of thiazole rings is 1. The minimum absolute atomic E-state index is 0.0259. The molecule has 3 rings (SSSR count). The molecular formula is C12H12N4O2S2. The van der Waals surface area contributed by atoms with Crippen LogP contribution in [0.15, 0.2) is 23.0 Å². The number of nitro groups is 1. The number of aromatic nitrogens is 2. The third kappa shape index (κ3) is 2.06. The second-order valence-corrected chi connectivity index (χ2v) is 6.33. The normalized spacial score (nSPS) is 11.1. The predicted octanol–water partition coefficient (Wildman–Crippen LogP) is 3.31. The van der Waals surface area contributed by atoms with Crippen LogP contribution in [-0.2, 0) is 6.54 Å². The number of rotatable bonds is 4. The summed E-state index contributed by atoms with van der Waals surface area (Å²) in [6, 6.07) is 2.05. The van der Waals surface area contributed by atoms with Crippen molar-refractivity contribution in [2.75, 3.05) is 11.9 Å². The maximum atomic E-state index is 11.3. The van der Waals surface area contributed by atoms with Crippen molar-refractivity contribution in [1.29, 1.82) is 0 Å². The molecule has 3 aromatic heterocycles. The average molecular weight is 308 g/mol. The van der Waals surface area contributed by atoms with Crippen molar-refractivity contribution in [1.82, 2.24) is 9.38 Å². The molecular weight excluding hydrogens is 296 g/mol. The van der Waals surface area contributed by atoms with Gasteiger partial charge in [0.25, 0.3) is 4.96 Å². The Morgan fingerprint density at radius 2 is 2.25 bits per heavy atom. The molecule has 0 N–H and O–H groups in total. The lowest BCUT2D eigenvalue weighted by Crippen LogP contribution is -2.18. The van der Waals surface area contributed by atoms with E-state index in [0.717, 1.165) is 0 Å². The third-order valence-corrected chi connectivity index (χ3v) is 4.87. The van der Waals surface area contributed by atoms with Crippen LogP contribution in [0.25, 0.3) is 4.96 Å². The molecule has 0 aromatic carbocycles. The van der Waals surface area contributed by atoms with Gasteiger partial charge in [0, 0.05) is 17.3 Å². The maximum absolute atomic E-state index is 11.3. The van der Waals surface area contributed by atoms with Crippen molar-refractivity contribution in [2.24, 2.45) is 0 Å². The smallest absolute Gasteiger partial charge is 0.358 e. The molecule has 0 aliphatic rings. The topological polar surface area (TPSA) is 63.7 Å². The summed E-state index contributed by atoms with van der Waals surface area (Å²) in [5.74, 6) is 0.438. The van der Waals surface area contributed by atoms with E-state index in [1.165, 1.54) is 26.2 Å². The molecule has 0 unspecified atom stereocenters. The Balaban J connectivity index is 2.00. The van der Waals surface area contributed by atoms with Gasteiger partial charge in [0.2, 0.25) is 5.82 Å². The molecule has 0 saturated heterocycles. The number of anilines is 1. The number of thiophene rings is 1. The second kappa shape index (κ2) is 4.88. The first-order valence-corrected chi connectivity index (χ1v) is 7.68. The van der Waals surface area contributed by atoms with Gasteiger partial charge in [-0.1, -0.05) is 11.3 Å². The molecule has 8 heteroatoms. The standard InChI is InChI=1S/C12H12N4O2S2/c1-8-3-5-19-9(8)7-14(2)10-11(16(17)18)15-4-6-20-12(15)13-10/h3-6H,7H2,1-2H3.